The summed E-state index contributed by atoms with van der Waals surface area (Å²) in [6.07, 6.45) is 6.22. The van der Waals surface area contributed by atoms with Crippen LogP contribution in [0.4, 0.5) is 0 Å². The molecule has 3 rings (SSSR count). The standard InChI is InChI=1S/C17H17BrN2O2S/c1-17(11-13(23(19,21)22)6-7-16(17)18)10-12-8-9-20-15-5-3-2-4-14(12)15/h2-9H,10-11H2,1H3,(H2,19,21,22). The lowest BCUT2D eigenvalue weighted by atomic mass is 9.77. The molecule has 2 N–H and O–H groups in total. The van der Waals surface area contributed by atoms with Gasteiger partial charge in [-0.15, -0.1) is 0 Å². The van der Waals surface area contributed by atoms with Gasteiger partial charge in [-0.25, -0.2) is 13.6 Å². The number of halogens is 1. The summed E-state index contributed by atoms with van der Waals surface area (Å²) in [5, 5.41) is 6.40. The van der Waals surface area contributed by atoms with E-state index in [1.807, 2.05) is 37.3 Å². The van der Waals surface area contributed by atoms with Gasteiger partial charge in [-0.05, 0) is 36.6 Å². The van der Waals surface area contributed by atoms with Crippen molar-refractivity contribution in [3.8, 4) is 0 Å². The first kappa shape index (κ1) is 16.4. The number of sulfonamides is 1. The van der Waals surface area contributed by atoms with Crippen molar-refractivity contribution in [2.75, 3.05) is 0 Å². The number of aromatic nitrogens is 1. The summed E-state index contributed by atoms with van der Waals surface area (Å²) in [6.45, 7) is 2.04. The molecule has 2 aromatic rings. The van der Waals surface area contributed by atoms with Crippen molar-refractivity contribution in [3.05, 3.63) is 63.6 Å². The maximum Gasteiger partial charge on any atom is 0.234 e. The number of hydrogen-bond acceptors (Lipinski definition) is 3. The summed E-state index contributed by atoms with van der Waals surface area (Å²) in [6, 6.07) is 9.94. The summed E-state index contributed by atoms with van der Waals surface area (Å²) in [5.74, 6) is 0. The highest BCUT2D eigenvalue weighted by Gasteiger charge is 2.34. The van der Waals surface area contributed by atoms with Crippen LogP contribution in [0, 0.1) is 5.41 Å². The van der Waals surface area contributed by atoms with Gasteiger partial charge in [0.05, 0.1) is 10.4 Å². The van der Waals surface area contributed by atoms with Crippen LogP contribution >= 0.6 is 15.9 Å². The van der Waals surface area contributed by atoms with Crippen molar-refractivity contribution in [2.24, 2.45) is 10.6 Å². The van der Waals surface area contributed by atoms with Crippen LogP contribution in [0.3, 0.4) is 0 Å². The Morgan fingerprint density at radius 1 is 1.26 bits per heavy atom. The van der Waals surface area contributed by atoms with Gasteiger partial charge in [-0.1, -0.05) is 47.1 Å². The lowest BCUT2D eigenvalue weighted by Crippen LogP contribution is -2.27. The van der Waals surface area contributed by atoms with Gasteiger partial charge in [-0.3, -0.25) is 4.98 Å². The number of hydrogen-bond donors (Lipinski definition) is 1. The minimum atomic E-state index is -3.67. The van der Waals surface area contributed by atoms with Crippen molar-refractivity contribution in [1.82, 2.24) is 4.98 Å². The number of fused-ring (bicyclic) bond motifs is 1. The number of para-hydroxylation sites is 1. The Morgan fingerprint density at radius 2 is 2.00 bits per heavy atom. The molecule has 1 atom stereocenters. The van der Waals surface area contributed by atoms with Gasteiger partial charge in [0.2, 0.25) is 10.0 Å². The smallest absolute Gasteiger partial charge is 0.234 e. The fourth-order valence-electron chi connectivity index (χ4n) is 2.97. The van der Waals surface area contributed by atoms with Crippen LogP contribution in [0.5, 0.6) is 0 Å². The van der Waals surface area contributed by atoms with Crippen LogP contribution in [0.1, 0.15) is 18.9 Å². The minimum Gasteiger partial charge on any atom is -0.256 e. The Hall–Kier alpha value is -1.50. The Labute approximate surface area is 144 Å². The molecule has 120 valence electrons. The molecule has 0 amide bonds. The van der Waals surface area contributed by atoms with Gasteiger partial charge in [0.15, 0.2) is 0 Å². The molecule has 1 aliphatic carbocycles. The molecule has 0 aliphatic heterocycles. The first-order chi connectivity index (χ1) is 10.8. The third-order valence-corrected chi connectivity index (χ3v) is 6.47. The van der Waals surface area contributed by atoms with E-state index in [9.17, 15) is 8.42 Å². The van der Waals surface area contributed by atoms with Crippen LogP contribution < -0.4 is 5.14 Å². The number of benzene rings is 1. The van der Waals surface area contributed by atoms with Crippen LogP contribution in [0.2, 0.25) is 0 Å². The van der Waals surface area contributed by atoms with E-state index in [2.05, 4.69) is 20.9 Å². The van der Waals surface area contributed by atoms with E-state index in [4.69, 9.17) is 5.14 Å². The quantitative estimate of drug-likeness (QED) is 0.866. The number of allylic oxidation sites excluding steroid dienone is 4. The van der Waals surface area contributed by atoms with Gasteiger partial charge in [0.1, 0.15) is 0 Å². The molecule has 0 saturated heterocycles. The lowest BCUT2D eigenvalue weighted by Gasteiger charge is -2.33. The highest BCUT2D eigenvalue weighted by Crippen LogP contribution is 2.44. The molecule has 0 radical (unpaired) electrons. The Morgan fingerprint density at radius 3 is 2.74 bits per heavy atom. The van der Waals surface area contributed by atoms with Crippen LogP contribution in [0.25, 0.3) is 10.9 Å². The predicted molar refractivity (Wildman–Crippen MR) is 96.4 cm³/mol. The number of primary sulfonamides is 1. The second-order valence-corrected chi connectivity index (χ2v) is 8.56. The first-order valence-corrected chi connectivity index (χ1v) is 9.56. The number of nitrogens with zero attached hydrogens (tertiary/aromatic N) is 1. The van der Waals surface area contributed by atoms with E-state index in [0.717, 1.165) is 20.9 Å². The number of pyridine rings is 1. The second-order valence-electron chi connectivity index (χ2n) is 6.09. The third kappa shape index (κ3) is 3.24. The van der Waals surface area contributed by atoms with E-state index in [-0.39, 0.29) is 10.3 Å². The zero-order valence-corrected chi connectivity index (χ0v) is 15.1. The van der Waals surface area contributed by atoms with Crippen LogP contribution in [-0.2, 0) is 16.4 Å². The molecule has 0 spiro atoms. The average Bonchev–Trinajstić information content (AvgIpc) is 2.49. The third-order valence-electron chi connectivity index (χ3n) is 4.24. The molecule has 1 unspecified atom stereocenters. The largest absolute Gasteiger partial charge is 0.256 e. The maximum atomic E-state index is 11.7. The Balaban J connectivity index is 2.01. The lowest BCUT2D eigenvalue weighted by molar-refractivity contribution is 0.415. The molecule has 6 heteroatoms. The van der Waals surface area contributed by atoms with E-state index >= 15 is 0 Å². The Bertz CT molecular complexity index is 929. The average molecular weight is 393 g/mol. The fraction of sp³-hybridized carbons (Fsp3) is 0.235. The number of nitrogens with two attached hydrogens (primary N) is 1. The molecule has 4 nitrogen and oxygen atoms in total. The van der Waals surface area contributed by atoms with Crippen LogP contribution in [-0.4, -0.2) is 13.4 Å². The fourth-order valence-corrected chi connectivity index (χ4v) is 4.16. The molecule has 1 aromatic carbocycles. The summed E-state index contributed by atoms with van der Waals surface area (Å²) < 4.78 is 24.4. The molecular formula is C17H17BrN2O2S. The molecular weight excluding hydrogens is 376 g/mol. The molecule has 1 heterocycles. The summed E-state index contributed by atoms with van der Waals surface area (Å²) >= 11 is 3.59. The summed E-state index contributed by atoms with van der Waals surface area (Å²) in [7, 11) is -3.67. The number of rotatable bonds is 3. The zero-order chi connectivity index (χ0) is 16.7. The van der Waals surface area contributed by atoms with E-state index in [1.165, 1.54) is 0 Å². The van der Waals surface area contributed by atoms with Gasteiger partial charge in [-0.2, -0.15) is 0 Å². The summed E-state index contributed by atoms with van der Waals surface area (Å²) in [4.78, 5) is 4.64. The highest BCUT2D eigenvalue weighted by atomic mass is 79.9. The van der Waals surface area contributed by atoms with E-state index < -0.39 is 10.0 Å². The molecule has 0 fully saturated rings. The minimum absolute atomic E-state index is 0.265. The normalized spacial score (nSPS) is 21.9. The zero-order valence-electron chi connectivity index (χ0n) is 12.7. The summed E-state index contributed by atoms with van der Waals surface area (Å²) in [5.41, 5.74) is 1.71. The highest BCUT2D eigenvalue weighted by molar-refractivity contribution is 9.11. The topological polar surface area (TPSA) is 73.0 Å². The van der Waals surface area contributed by atoms with Crippen molar-refractivity contribution in [1.29, 1.82) is 0 Å². The molecule has 1 aliphatic rings. The molecule has 23 heavy (non-hydrogen) atoms. The van der Waals surface area contributed by atoms with E-state index in [1.54, 1.807) is 18.3 Å². The molecule has 1 aromatic heterocycles. The first-order valence-electron chi connectivity index (χ1n) is 7.22. The van der Waals surface area contributed by atoms with Crippen molar-refractivity contribution in [3.63, 3.8) is 0 Å². The van der Waals surface area contributed by atoms with Crippen molar-refractivity contribution < 1.29 is 8.42 Å². The van der Waals surface area contributed by atoms with Gasteiger partial charge in [0.25, 0.3) is 0 Å². The Kier molecular flexibility index (Phi) is 4.16. The monoisotopic (exact) mass is 392 g/mol. The predicted octanol–water partition coefficient (Wildman–Crippen LogP) is 3.64. The molecule has 0 saturated carbocycles. The van der Waals surface area contributed by atoms with Crippen molar-refractivity contribution >= 4 is 36.9 Å². The van der Waals surface area contributed by atoms with Gasteiger partial charge < -0.3 is 0 Å². The SMILES string of the molecule is CC1(Cc2ccnc3ccccc23)CC(S(N)(=O)=O)=CC=C1Br. The van der Waals surface area contributed by atoms with Crippen molar-refractivity contribution in [2.45, 2.75) is 19.8 Å². The van der Waals surface area contributed by atoms with E-state index in [0.29, 0.717) is 12.8 Å². The van der Waals surface area contributed by atoms with Crippen LogP contribution in [0.15, 0.2) is 58.1 Å². The molecule has 0 bridgehead atoms. The van der Waals surface area contributed by atoms with Gasteiger partial charge >= 0.3 is 0 Å². The van der Waals surface area contributed by atoms with Gasteiger partial charge in [0, 0.05) is 21.5 Å². The second kappa shape index (κ2) is 5.85. The maximum absolute atomic E-state index is 11.7.